The Morgan fingerprint density at radius 1 is 0.908 bits per heavy atom. The summed E-state index contributed by atoms with van der Waals surface area (Å²) in [5, 5.41) is 30.7. The summed E-state index contributed by atoms with van der Waals surface area (Å²) < 4.78 is 20.6. The summed E-state index contributed by atoms with van der Waals surface area (Å²) in [6.07, 6.45) is 0.436. The number of benzene rings is 5. The van der Waals surface area contributed by atoms with E-state index in [0.29, 0.717) is 62.0 Å². The molecule has 1 aliphatic heterocycles. The van der Waals surface area contributed by atoms with Gasteiger partial charge in [-0.1, -0.05) is 78.9 Å². The lowest BCUT2D eigenvalue weighted by molar-refractivity contribution is -0.120. The van der Waals surface area contributed by atoms with Crippen molar-refractivity contribution in [2.75, 3.05) is 43.4 Å². The number of piperidine rings is 1. The van der Waals surface area contributed by atoms with Crippen molar-refractivity contribution >= 4 is 40.2 Å². The number of anilines is 2. The first-order valence-electron chi connectivity index (χ1n) is 21.9. The number of aromatic amines is 1. The number of rotatable bonds is 17. The number of nitrogens with zero attached hydrogens (tertiary/aromatic N) is 2. The number of amides is 3. The summed E-state index contributed by atoms with van der Waals surface area (Å²) in [5.41, 5.74) is 5.71. The van der Waals surface area contributed by atoms with Gasteiger partial charge in [0.25, 0.3) is 0 Å². The molecule has 14 heteroatoms. The molecule has 3 amide bonds. The second-order valence-electron chi connectivity index (χ2n) is 16.5. The Balaban J connectivity index is 0.803. The van der Waals surface area contributed by atoms with Gasteiger partial charge in [-0.2, -0.15) is 0 Å². The van der Waals surface area contributed by atoms with Crippen LogP contribution in [0.2, 0.25) is 0 Å². The average molecular weight is 883 g/mol. The molecule has 65 heavy (non-hydrogen) atoms. The van der Waals surface area contributed by atoms with Gasteiger partial charge in [-0.25, -0.2) is 9.18 Å². The van der Waals surface area contributed by atoms with Gasteiger partial charge in [-0.15, -0.1) is 0 Å². The number of aromatic nitrogens is 1. The fraction of sp³-hybridized carbons (Fsp3) is 0.294. The molecule has 5 aromatic carbocycles. The van der Waals surface area contributed by atoms with Crippen LogP contribution < -0.4 is 26.4 Å². The summed E-state index contributed by atoms with van der Waals surface area (Å²) in [6, 6.07) is 35.4. The third kappa shape index (κ3) is 12.4. The first kappa shape index (κ1) is 46.1. The number of nitrogens with one attached hydrogen (secondary N) is 4. The van der Waals surface area contributed by atoms with E-state index in [2.05, 4.69) is 25.8 Å². The first-order chi connectivity index (χ1) is 31.4. The number of ether oxygens (including phenoxy) is 1. The van der Waals surface area contributed by atoms with E-state index in [9.17, 15) is 33.8 Å². The second-order valence-corrected chi connectivity index (χ2v) is 16.5. The van der Waals surface area contributed by atoms with Gasteiger partial charge in [0.2, 0.25) is 17.4 Å². The summed E-state index contributed by atoms with van der Waals surface area (Å²) in [6.45, 7) is 4.38. The molecule has 0 aliphatic carbocycles. The number of hydrogen-bond acceptors (Lipinski definition) is 9. The summed E-state index contributed by atoms with van der Waals surface area (Å²) in [7, 11) is 1.74. The molecule has 6 N–H and O–H groups in total. The fourth-order valence-electron chi connectivity index (χ4n) is 8.13. The number of halogens is 1. The van der Waals surface area contributed by atoms with Crippen LogP contribution in [0.25, 0.3) is 22.0 Å². The molecule has 6 aromatic rings. The van der Waals surface area contributed by atoms with E-state index >= 15 is 0 Å². The standard InChI is InChI=1S/C51H55FN6O7/c1-33(53-32-46(60)41-17-20-45(59)50-42(41)18-21-47(61)56-50)28-35-14-19-43(52)37(29-35)30-48(62)54-31-34-12-15-38(16-13-34)57(2)49(63)24-27-58-25-22-39(23-26-58)65-51(64)55-44-11-7-6-10-40(44)36-8-4-3-5-9-36/h3-21,29,33,39,46,53,59-60H,22-28,30-32H2,1-2H3,(H,54,62)(H,55,64)(H,56,61)/t33?,46-/m0/s1. The molecule has 1 saturated heterocycles. The smallest absolute Gasteiger partial charge is 0.411 e. The van der Waals surface area contributed by atoms with Crippen molar-refractivity contribution < 1.29 is 33.7 Å². The Labute approximate surface area is 377 Å². The van der Waals surface area contributed by atoms with Gasteiger partial charge in [0.1, 0.15) is 17.7 Å². The van der Waals surface area contributed by atoms with Crippen LogP contribution in [0.15, 0.2) is 126 Å². The number of para-hydroxylation sites is 1. The molecule has 1 fully saturated rings. The molecule has 7 rings (SSSR count). The van der Waals surface area contributed by atoms with Crippen LogP contribution in [0, 0.1) is 5.82 Å². The molecule has 2 heterocycles. The Bertz CT molecular complexity index is 2650. The van der Waals surface area contributed by atoms with Gasteiger partial charge in [0.15, 0.2) is 0 Å². The van der Waals surface area contributed by atoms with Gasteiger partial charge in [0.05, 0.1) is 23.7 Å². The van der Waals surface area contributed by atoms with Crippen molar-refractivity contribution in [1.82, 2.24) is 20.5 Å². The Kier molecular flexibility index (Phi) is 15.4. The third-order valence-electron chi connectivity index (χ3n) is 11.8. The van der Waals surface area contributed by atoms with E-state index < -0.39 is 18.0 Å². The monoisotopic (exact) mass is 882 g/mol. The minimum Gasteiger partial charge on any atom is -0.506 e. The maximum absolute atomic E-state index is 14.8. The number of H-pyrrole nitrogens is 1. The zero-order chi connectivity index (χ0) is 45.9. The number of carbonyl (C=O) groups is 3. The number of aromatic hydroxyl groups is 1. The van der Waals surface area contributed by atoms with Crippen LogP contribution in [0.4, 0.5) is 20.6 Å². The lowest BCUT2D eigenvalue weighted by Gasteiger charge is -2.31. The first-order valence-corrected chi connectivity index (χ1v) is 21.9. The minimum atomic E-state index is -0.925. The van der Waals surface area contributed by atoms with E-state index in [1.54, 1.807) is 36.2 Å². The predicted molar refractivity (Wildman–Crippen MR) is 250 cm³/mol. The van der Waals surface area contributed by atoms with Gasteiger partial charge in [-0.3, -0.25) is 19.7 Å². The zero-order valence-corrected chi connectivity index (χ0v) is 36.6. The quantitative estimate of drug-likeness (QED) is 0.0553. The van der Waals surface area contributed by atoms with Crippen LogP contribution >= 0.6 is 0 Å². The molecule has 1 unspecified atom stereocenters. The molecule has 0 spiro atoms. The van der Waals surface area contributed by atoms with E-state index in [-0.39, 0.29) is 65.9 Å². The number of aliphatic hydroxyl groups is 1. The highest BCUT2D eigenvalue weighted by Crippen LogP contribution is 2.30. The lowest BCUT2D eigenvalue weighted by Crippen LogP contribution is -2.40. The predicted octanol–water partition coefficient (Wildman–Crippen LogP) is 7.22. The average Bonchev–Trinajstić information content (AvgIpc) is 3.31. The van der Waals surface area contributed by atoms with Gasteiger partial charge in [-0.05, 0) is 90.4 Å². The number of aliphatic hydroxyl groups excluding tert-OH is 1. The highest BCUT2D eigenvalue weighted by molar-refractivity contribution is 5.93. The number of pyridine rings is 1. The molecule has 338 valence electrons. The van der Waals surface area contributed by atoms with E-state index in [1.165, 1.54) is 18.2 Å². The molecule has 0 bridgehead atoms. The number of phenols is 1. The van der Waals surface area contributed by atoms with Gasteiger partial charge in [0, 0.05) is 74.9 Å². The Hall–Kier alpha value is -6.87. The fourth-order valence-corrected chi connectivity index (χ4v) is 8.13. The molecular weight excluding hydrogens is 828 g/mol. The normalized spacial score (nSPS) is 14.1. The van der Waals surface area contributed by atoms with E-state index in [0.717, 1.165) is 27.9 Å². The lowest BCUT2D eigenvalue weighted by atomic mass is 10.0. The van der Waals surface area contributed by atoms with Gasteiger partial charge < -0.3 is 40.4 Å². The topological polar surface area (TPSA) is 176 Å². The van der Waals surface area contributed by atoms with Crippen LogP contribution in [-0.2, 0) is 33.7 Å². The highest BCUT2D eigenvalue weighted by Gasteiger charge is 2.24. The summed E-state index contributed by atoms with van der Waals surface area (Å²) in [4.78, 5) is 57.1. The second kappa shape index (κ2) is 21.7. The van der Waals surface area contributed by atoms with Crippen LogP contribution in [0.3, 0.4) is 0 Å². The number of hydrogen-bond donors (Lipinski definition) is 6. The van der Waals surface area contributed by atoms with Gasteiger partial charge >= 0.3 is 6.09 Å². The summed E-state index contributed by atoms with van der Waals surface area (Å²) in [5.74, 6) is -0.929. The largest absolute Gasteiger partial charge is 0.506 e. The highest BCUT2D eigenvalue weighted by atomic mass is 19.1. The molecular formula is C51H55FN6O7. The molecule has 1 aromatic heterocycles. The third-order valence-corrected chi connectivity index (χ3v) is 11.8. The van der Waals surface area contributed by atoms with Crippen molar-refractivity contribution in [3.05, 3.63) is 160 Å². The molecule has 2 atom stereocenters. The molecule has 1 aliphatic rings. The maximum atomic E-state index is 14.8. The molecule has 0 radical (unpaired) electrons. The Morgan fingerprint density at radius 2 is 1.63 bits per heavy atom. The van der Waals surface area contributed by atoms with Crippen LogP contribution in [0.5, 0.6) is 5.75 Å². The van der Waals surface area contributed by atoms with Crippen LogP contribution in [0.1, 0.15) is 54.5 Å². The number of phenolic OH excluding ortho intramolecular Hbond substituents is 1. The van der Waals surface area contributed by atoms with Crippen LogP contribution in [-0.4, -0.2) is 83.4 Å². The van der Waals surface area contributed by atoms with Crippen molar-refractivity contribution in [3.8, 4) is 16.9 Å². The van der Waals surface area contributed by atoms with Crippen molar-refractivity contribution in [1.29, 1.82) is 0 Å². The van der Waals surface area contributed by atoms with E-state index in [4.69, 9.17) is 4.74 Å². The Morgan fingerprint density at radius 3 is 2.40 bits per heavy atom. The summed E-state index contributed by atoms with van der Waals surface area (Å²) >= 11 is 0. The van der Waals surface area contributed by atoms with Crippen molar-refractivity contribution in [3.63, 3.8) is 0 Å². The molecule has 0 saturated carbocycles. The molecule has 13 nitrogen and oxygen atoms in total. The van der Waals surface area contributed by atoms with Crippen molar-refractivity contribution in [2.45, 2.75) is 63.8 Å². The maximum Gasteiger partial charge on any atom is 0.411 e. The number of fused-ring (bicyclic) bond motifs is 1. The zero-order valence-electron chi connectivity index (χ0n) is 36.6. The number of carbonyl (C=O) groups excluding carboxylic acids is 3. The number of likely N-dealkylation sites (tertiary alicyclic amines) is 1. The SMILES string of the molecule is CC(Cc1ccc(F)c(CC(=O)NCc2ccc(N(C)C(=O)CCN3CCC(OC(=O)Nc4ccccc4-c4ccccc4)CC3)cc2)c1)NC[C@H](O)c1ccc(O)c2[nH]c(=O)ccc12. The van der Waals surface area contributed by atoms with E-state index in [1.807, 2.05) is 85.8 Å². The van der Waals surface area contributed by atoms with Crippen molar-refractivity contribution in [2.24, 2.45) is 0 Å². The minimum absolute atomic E-state index is 0.0321.